The van der Waals surface area contributed by atoms with Crippen molar-refractivity contribution in [2.75, 3.05) is 32.8 Å². The highest BCUT2D eigenvalue weighted by atomic mass is 16.3. The van der Waals surface area contributed by atoms with Crippen molar-refractivity contribution in [2.24, 2.45) is 5.41 Å². The van der Waals surface area contributed by atoms with Crippen LogP contribution in [-0.2, 0) is 0 Å². The maximum absolute atomic E-state index is 9.07. The van der Waals surface area contributed by atoms with Crippen LogP contribution < -0.4 is 5.32 Å². The lowest BCUT2D eigenvalue weighted by atomic mass is 9.81. The largest absolute Gasteiger partial charge is 0.395 e. The summed E-state index contributed by atoms with van der Waals surface area (Å²) in [5.74, 6) is 0. The van der Waals surface area contributed by atoms with E-state index in [-0.39, 0.29) is 6.61 Å². The SMILES string of the molecule is CCN(CCO)CC(CC)(CC)CNC(C)C. The highest BCUT2D eigenvalue weighted by Crippen LogP contribution is 2.27. The molecule has 3 heteroatoms. The van der Waals surface area contributed by atoms with Crippen LogP contribution in [0.25, 0.3) is 0 Å². The Morgan fingerprint density at radius 3 is 2.12 bits per heavy atom. The summed E-state index contributed by atoms with van der Waals surface area (Å²) in [6.45, 7) is 15.3. The van der Waals surface area contributed by atoms with Gasteiger partial charge in [-0.15, -0.1) is 0 Å². The zero-order valence-corrected chi connectivity index (χ0v) is 12.4. The first kappa shape index (κ1) is 16.9. The van der Waals surface area contributed by atoms with Crippen LogP contribution >= 0.6 is 0 Å². The molecule has 0 atom stereocenters. The Morgan fingerprint density at radius 2 is 1.76 bits per heavy atom. The van der Waals surface area contributed by atoms with E-state index in [9.17, 15) is 0 Å². The van der Waals surface area contributed by atoms with Gasteiger partial charge in [-0.05, 0) is 24.8 Å². The van der Waals surface area contributed by atoms with E-state index in [4.69, 9.17) is 5.11 Å². The average molecular weight is 244 g/mol. The minimum atomic E-state index is 0.259. The third-order valence-electron chi connectivity index (χ3n) is 3.81. The number of aliphatic hydroxyl groups excluding tert-OH is 1. The first-order chi connectivity index (χ1) is 8.03. The number of hydrogen-bond donors (Lipinski definition) is 2. The van der Waals surface area contributed by atoms with E-state index in [1.807, 2.05) is 0 Å². The molecule has 0 bridgehead atoms. The second kappa shape index (κ2) is 8.90. The van der Waals surface area contributed by atoms with Gasteiger partial charge in [0.1, 0.15) is 0 Å². The molecule has 104 valence electrons. The maximum atomic E-state index is 9.07. The summed E-state index contributed by atoms with van der Waals surface area (Å²) in [7, 11) is 0. The molecule has 0 heterocycles. The van der Waals surface area contributed by atoms with Crippen LogP contribution in [0.4, 0.5) is 0 Å². The number of likely N-dealkylation sites (N-methyl/N-ethyl adjacent to an activating group) is 1. The predicted octanol–water partition coefficient (Wildman–Crippen LogP) is 2.10. The minimum absolute atomic E-state index is 0.259. The van der Waals surface area contributed by atoms with Gasteiger partial charge in [0.05, 0.1) is 6.61 Å². The number of nitrogens with zero attached hydrogens (tertiary/aromatic N) is 1. The van der Waals surface area contributed by atoms with Crippen molar-refractivity contribution in [1.29, 1.82) is 0 Å². The summed E-state index contributed by atoms with van der Waals surface area (Å²) in [4.78, 5) is 2.36. The minimum Gasteiger partial charge on any atom is -0.395 e. The van der Waals surface area contributed by atoms with Gasteiger partial charge in [-0.2, -0.15) is 0 Å². The van der Waals surface area contributed by atoms with E-state index in [1.54, 1.807) is 0 Å². The maximum Gasteiger partial charge on any atom is 0.0558 e. The van der Waals surface area contributed by atoms with Crippen molar-refractivity contribution in [2.45, 2.75) is 53.5 Å². The number of aliphatic hydroxyl groups is 1. The lowest BCUT2D eigenvalue weighted by Gasteiger charge is -2.37. The molecular formula is C14H32N2O. The van der Waals surface area contributed by atoms with Crippen LogP contribution in [0.1, 0.15) is 47.5 Å². The first-order valence-corrected chi connectivity index (χ1v) is 7.10. The molecule has 3 nitrogen and oxygen atoms in total. The third kappa shape index (κ3) is 6.39. The van der Waals surface area contributed by atoms with Gasteiger partial charge in [0.15, 0.2) is 0 Å². The lowest BCUT2D eigenvalue weighted by molar-refractivity contribution is 0.116. The Labute approximate surface area is 108 Å². The van der Waals surface area contributed by atoms with Crippen LogP contribution in [0.2, 0.25) is 0 Å². The summed E-state index contributed by atoms with van der Waals surface area (Å²) < 4.78 is 0. The van der Waals surface area contributed by atoms with Crippen molar-refractivity contribution in [1.82, 2.24) is 10.2 Å². The van der Waals surface area contributed by atoms with E-state index in [0.717, 1.165) is 26.2 Å². The van der Waals surface area contributed by atoms with Gasteiger partial charge >= 0.3 is 0 Å². The molecule has 0 aliphatic rings. The van der Waals surface area contributed by atoms with Gasteiger partial charge in [-0.25, -0.2) is 0 Å². The average Bonchev–Trinajstić information content (AvgIpc) is 2.33. The van der Waals surface area contributed by atoms with Gasteiger partial charge in [-0.1, -0.05) is 34.6 Å². The van der Waals surface area contributed by atoms with E-state index >= 15 is 0 Å². The predicted molar refractivity (Wildman–Crippen MR) is 75.4 cm³/mol. The van der Waals surface area contributed by atoms with E-state index in [1.165, 1.54) is 12.8 Å². The standard InChI is InChI=1S/C14H32N2O/c1-6-14(7-2,11-15-13(4)5)12-16(8-3)9-10-17/h13,15,17H,6-12H2,1-5H3. The number of rotatable bonds is 10. The Morgan fingerprint density at radius 1 is 1.18 bits per heavy atom. The molecule has 17 heavy (non-hydrogen) atoms. The fraction of sp³-hybridized carbons (Fsp3) is 1.00. The van der Waals surface area contributed by atoms with Crippen LogP contribution in [0.15, 0.2) is 0 Å². The molecule has 0 aromatic carbocycles. The molecule has 0 radical (unpaired) electrons. The molecule has 0 spiro atoms. The normalized spacial score (nSPS) is 12.7. The molecule has 0 saturated heterocycles. The molecule has 0 aromatic heterocycles. The zero-order chi connectivity index (χ0) is 13.3. The van der Waals surface area contributed by atoms with E-state index < -0.39 is 0 Å². The molecule has 0 aliphatic carbocycles. The molecule has 0 aromatic rings. The Kier molecular flexibility index (Phi) is 8.83. The lowest BCUT2D eigenvalue weighted by Crippen LogP contribution is -2.45. The second-order valence-electron chi connectivity index (χ2n) is 5.34. The topological polar surface area (TPSA) is 35.5 Å². The van der Waals surface area contributed by atoms with Gasteiger partial charge < -0.3 is 15.3 Å². The van der Waals surface area contributed by atoms with Gasteiger partial charge in [0.2, 0.25) is 0 Å². The molecule has 2 N–H and O–H groups in total. The fourth-order valence-corrected chi connectivity index (χ4v) is 2.16. The third-order valence-corrected chi connectivity index (χ3v) is 3.81. The van der Waals surface area contributed by atoms with Crippen LogP contribution in [0.5, 0.6) is 0 Å². The number of hydrogen-bond acceptors (Lipinski definition) is 3. The Bertz CT molecular complexity index is 179. The van der Waals surface area contributed by atoms with Crippen molar-refractivity contribution < 1.29 is 5.11 Å². The monoisotopic (exact) mass is 244 g/mol. The van der Waals surface area contributed by atoms with Gasteiger partial charge in [-0.3, -0.25) is 0 Å². The van der Waals surface area contributed by atoms with E-state index in [0.29, 0.717) is 11.5 Å². The highest BCUT2D eigenvalue weighted by Gasteiger charge is 2.28. The van der Waals surface area contributed by atoms with Crippen LogP contribution in [0.3, 0.4) is 0 Å². The molecule has 0 unspecified atom stereocenters. The number of nitrogens with one attached hydrogen (secondary N) is 1. The van der Waals surface area contributed by atoms with Crippen molar-refractivity contribution in [3.63, 3.8) is 0 Å². The molecule has 0 aliphatic heterocycles. The quantitative estimate of drug-likeness (QED) is 0.618. The van der Waals surface area contributed by atoms with Crippen molar-refractivity contribution in [3.8, 4) is 0 Å². The molecule has 0 saturated carbocycles. The molecule has 0 fully saturated rings. The Hall–Kier alpha value is -0.120. The van der Waals surface area contributed by atoms with Crippen molar-refractivity contribution in [3.05, 3.63) is 0 Å². The summed E-state index contributed by atoms with van der Waals surface area (Å²) in [5, 5.41) is 12.6. The highest BCUT2D eigenvalue weighted by molar-refractivity contribution is 4.83. The molecular weight excluding hydrogens is 212 g/mol. The van der Waals surface area contributed by atoms with Gasteiger partial charge in [0, 0.05) is 25.7 Å². The molecule has 0 rings (SSSR count). The summed E-state index contributed by atoms with van der Waals surface area (Å²) in [5.41, 5.74) is 0.343. The Balaban J connectivity index is 4.45. The zero-order valence-electron chi connectivity index (χ0n) is 12.4. The summed E-state index contributed by atoms with van der Waals surface area (Å²) >= 11 is 0. The van der Waals surface area contributed by atoms with Crippen LogP contribution in [-0.4, -0.2) is 48.8 Å². The second-order valence-corrected chi connectivity index (χ2v) is 5.34. The smallest absolute Gasteiger partial charge is 0.0558 e. The fourth-order valence-electron chi connectivity index (χ4n) is 2.16. The van der Waals surface area contributed by atoms with E-state index in [2.05, 4.69) is 44.8 Å². The van der Waals surface area contributed by atoms with Gasteiger partial charge in [0.25, 0.3) is 0 Å². The molecule has 0 amide bonds. The summed E-state index contributed by atoms with van der Waals surface area (Å²) in [6, 6.07) is 0.542. The summed E-state index contributed by atoms with van der Waals surface area (Å²) in [6.07, 6.45) is 2.37. The van der Waals surface area contributed by atoms with Crippen LogP contribution in [0, 0.1) is 5.41 Å². The van der Waals surface area contributed by atoms with Crippen molar-refractivity contribution >= 4 is 0 Å². The first-order valence-electron chi connectivity index (χ1n) is 7.10.